The summed E-state index contributed by atoms with van der Waals surface area (Å²) >= 11 is 0. The molecule has 0 amide bonds. The molecule has 2 aromatic carbocycles. The molecule has 0 saturated heterocycles. The fourth-order valence-electron chi connectivity index (χ4n) is 2.52. The summed E-state index contributed by atoms with van der Waals surface area (Å²) in [5, 5.41) is 0. The Balaban J connectivity index is 2.39. The van der Waals surface area contributed by atoms with Crippen molar-refractivity contribution in [1.29, 1.82) is 0 Å². The highest BCUT2D eigenvalue weighted by Crippen LogP contribution is 2.32. The van der Waals surface area contributed by atoms with E-state index >= 15 is 0 Å². The predicted octanol–water partition coefficient (Wildman–Crippen LogP) is 4.14. The maximum atomic E-state index is 14.0. The highest BCUT2D eigenvalue weighted by molar-refractivity contribution is 5.84. The van der Waals surface area contributed by atoms with Crippen LogP contribution in [0.2, 0.25) is 0 Å². The number of benzene rings is 2. The first-order valence-corrected chi connectivity index (χ1v) is 6.71. The first-order valence-electron chi connectivity index (χ1n) is 6.71. The summed E-state index contributed by atoms with van der Waals surface area (Å²) in [5.74, 6) is -0.327. The zero-order chi connectivity index (χ0) is 15.1. The average Bonchev–Trinajstić information content (AvgIpc) is 2.82. The van der Waals surface area contributed by atoms with E-state index in [0.29, 0.717) is 22.6 Å². The van der Waals surface area contributed by atoms with E-state index in [2.05, 4.69) is 4.98 Å². The standard InChI is InChI=1S/C16H15F2N3/c1-9(2)21-14-5-3-4-12(18)15(14)20-16(21)11-8-10(17)6-7-13(11)19/h3-9H,19H2,1-2H3. The summed E-state index contributed by atoms with van der Waals surface area (Å²) < 4.78 is 29.4. The normalized spacial score (nSPS) is 11.5. The van der Waals surface area contributed by atoms with Gasteiger partial charge in [-0.3, -0.25) is 0 Å². The van der Waals surface area contributed by atoms with Crippen LogP contribution in [0.5, 0.6) is 0 Å². The van der Waals surface area contributed by atoms with Crippen LogP contribution in [-0.2, 0) is 0 Å². The van der Waals surface area contributed by atoms with Crippen molar-refractivity contribution in [1.82, 2.24) is 9.55 Å². The van der Waals surface area contributed by atoms with Crippen LogP contribution in [0, 0.1) is 11.6 Å². The van der Waals surface area contributed by atoms with E-state index in [1.807, 2.05) is 18.4 Å². The molecule has 0 radical (unpaired) electrons. The Bertz CT molecular complexity index is 822. The number of hydrogen-bond acceptors (Lipinski definition) is 2. The van der Waals surface area contributed by atoms with Crippen LogP contribution >= 0.6 is 0 Å². The van der Waals surface area contributed by atoms with Crippen LogP contribution in [0.15, 0.2) is 36.4 Å². The van der Waals surface area contributed by atoms with Crippen molar-refractivity contribution in [2.45, 2.75) is 19.9 Å². The quantitative estimate of drug-likeness (QED) is 0.720. The third-order valence-corrected chi connectivity index (χ3v) is 3.44. The second-order valence-electron chi connectivity index (χ2n) is 5.24. The van der Waals surface area contributed by atoms with Crippen LogP contribution in [0.25, 0.3) is 22.4 Å². The Hall–Kier alpha value is -2.43. The summed E-state index contributed by atoms with van der Waals surface area (Å²) in [6.45, 7) is 3.93. The number of nitrogen functional groups attached to an aromatic ring is 1. The van der Waals surface area contributed by atoms with Crippen LogP contribution in [0.4, 0.5) is 14.5 Å². The van der Waals surface area contributed by atoms with Gasteiger partial charge in [0.05, 0.1) is 5.52 Å². The fourth-order valence-corrected chi connectivity index (χ4v) is 2.52. The van der Waals surface area contributed by atoms with Gasteiger partial charge in [-0.15, -0.1) is 0 Å². The van der Waals surface area contributed by atoms with Crippen molar-refractivity contribution in [2.75, 3.05) is 5.73 Å². The topological polar surface area (TPSA) is 43.8 Å². The van der Waals surface area contributed by atoms with Gasteiger partial charge in [0.25, 0.3) is 0 Å². The Kier molecular flexibility index (Phi) is 3.12. The number of nitrogens with two attached hydrogens (primary N) is 1. The first kappa shape index (κ1) is 13.5. The lowest BCUT2D eigenvalue weighted by Crippen LogP contribution is -2.04. The number of nitrogens with zero attached hydrogens (tertiary/aromatic N) is 2. The SMILES string of the molecule is CC(C)n1c(-c2cc(F)ccc2N)nc2c(F)cccc21. The minimum atomic E-state index is -0.401. The zero-order valence-corrected chi connectivity index (χ0v) is 11.8. The molecule has 1 aromatic heterocycles. The van der Waals surface area contributed by atoms with Crippen LogP contribution in [0.3, 0.4) is 0 Å². The lowest BCUT2D eigenvalue weighted by molar-refractivity contribution is 0.618. The lowest BCUT2D eigenvalue weighted by Gasteiger charge is -2.14. The molecule has 3 rings (SSSR count). The molecule has 0 aliphatic heterocycles. The highest BCUT2D eigenvalue weighted by Gasteiger charge is 2.19. The zero-order valence-electron chi connectivity index (χ0n) is 11.8. The maximum Gasteiger partial charge on any atom is 0.151 e. The lowest BCUT2D eigenvalue weighted by atomic mass is 10.1. The van der Waals surface area contributed by atoms with Crippen LogP contribution < -0.4 is 5.73 Å². The van der Waals surface area contributed by atoms with Gasteiger partial charge in [0.2, 0.25) is 0 Å². The van der Waals surface area contributed by atoms with Crippen molar-refractivity contribution in [2.24, 2.45) is 0 Å². The third-order valence-electron chi connectivity index (χ3n) is 3.44. The summed E-state index contributed by atoms with van der Waals surface area (Å²) in [5.41, 5.74) is 7.76. The van der Waals surface area contributed by atoms with Crippen molar-refractivity contribution in [3.63, 3.8) is 0 Å². The van der Waals surface area contributed by atoms with E-state index in [4.69, 9.17) is 5.73 Å². The number of para-hydroxylation sites is 1. The van der Waals surface area contributed by atoms with Crippen molar-refractivity contribution < 1.29 is 8.78 Å². The number of imidazole rings is 1. The van der Waals surface area contributed by atoms with E-state index in [1.165, 1.54) is 24.3 Å². The summed E-state index contributed by atoms with van der Waals surface area (Å²) in [6.07, 6.45) is 0. The van der Waals surface area contributed by atoms with Gasteiger partial charge < -0.3 is 10.3 Å². The van der Waals surface area contributed by atoms with Crippen molar-refractivity contribution in [3.05, 3.63) is 48.0 Å². The number of anilines is 1. The monoisotopic (exact) mass is 287 g/mol. The predicted molar refractivity (Wildman–Crippen MR) is 79.9 cm³/mol. The third kappa shape index (κ3) is 2.14. The van der Waals surface area contributed by atoms with E-state index in [0.717, 1.165) is 0 Å². The number of hydrogen-bond donors (Lipinski definition) is 1. The van der Waals surface area contributed by atoms with Crippen LogP contribution in [-0.4, -0.2) is 9.55 Å². The molecule has 0 atom stereocenters. The molecular formula is C16H15F2N3. The fraction of sp³-hybridized carbons (Fsp3) is 0.188. The van der Waals surface area contributed by atoms with E-state index in [9.17, 15) is 8.78 Å². The summed E-state index contributed by atoms with van der Waals surface area (Å²) in [6, 6.07) is 8.94. The van der Waals surface area contributed by atoms with E-state index < -0.39 is 11.6 Å². The van der Waals surface area contributed by atoms with Gasteiger partial charge in [-0.1, -0.05) is 6.07 Å². The molecule has 3 nitrogen and oxygen atoms in total. The van der Waals surface area contributed by atoms with Gasteiger partial charge in [0.15, 0.2) is 5.82 Å². The number of fused-ring (bicyclic) bond motifs is 1. The van der Waals surface area contributed by atoms with Gasteiger partial charge in [-0.05, 0) is 44.2 Å². The molecule has 0 saturated carbocycles. The van der Waals surface area contributed by atoms with Gasteiger partial charge in [-0.2, -0.15) is 0 Å². The van der Waals surface area contributed by atoms with E-state index in [1.54, 1.807) is 12.1 Å². The molecule has 0 spiro atoms. The second kappa shape index (κ2) is 4.84. The Morgan fingerprint density at radius 2 is 1.90 bits per heavy atom. The Labute approximate surface area is 121 Å². The Morgan fingerprint density at radius 3 is 2.62 bits per heavy atom. The molecule has 108 valence electrons. The number of aromatic nitrogens is 2. The number of rotatable bonds is 2. The van der Waals surface area contributed by atoms with Gasteiger partial charge in [0.1, 0.15) is 17.2 Å². The van der Waals surface area contributed by atoms with Gasteiger partial charge in [-0.25, -0.2) is 13.8 Å². The minimum absolute atomic E-state index is 0.0365. The first-order chi connectivity index (χ1) is 9.99. The smallest absolute Gasteiger partial charge is 0.151 e. The average molecular weight is 287 g/mol. The van der Waals surface area contributed by atoms with Gasteiger partial charge in [0, 0.05) is 17.3 Å². The molecule has 5 heteroatoms. The molecular weight excluding hydrogens is 272 g/mol. The number of halogens is 2. The molecule has 1 heterocycles. The molecule has 0 aliphatic rings. The highest BCUT2D eigenvalue weighted by atomic mass is 19.1. The van der Waals surface area contributed by atoms with Crippen molar-refractivity contribution >= 4 is 16.7 Å². The summed E-state index contributed by atoms with van der Waals surface area (Å²) in [4.78, 5) is 4.35. The Morgan fingerprint density at radius 1 is 1.14 bits per heavy atom. The summed E-state index contributed by atoms with van der Waals surface area (Å²) in [7, 11) is 0. The van der Waals surface area contributed by atoms with E-state index in [-0.39, 0.29) is 11.6 Å². The minimum Gasteiger partial charge on any atom is -0.398 e. The maximum absolute atomic E-state index is 14.0. The largest absolute Gasteiger partial charge is 0.398 e. The van der Waals surface area contributed by atoms with Gasteiger partial charge >= 0.3 is 0 Å². The molecule has 0 bridgehead atoms. The molecule has 21 heavy (non-hydrogen) atoms. The second-order valence-corrected chi connectivity index (χ2v) is 5.24. The molecule has 0 unspecified atom stereocenters. The molecule has 2 N–H and O–H groups in total. The molecule has 0 aliphatic carbocycles. The molecule has 3 aromatic rings. The van der Waals surface area contributed by atoms with Crippen LogP contribution in [0.1, 0.15) is 19.9 Å². The molecule has 0 fully saturated rings. The van der Waals surface area contributed by atoms with Crippen molar-refractivity contribution in [3.8, 4) is 11.4 Å².